The summed E-state index contributed by atoms with van der Waals surface area (Å²) in [6.07, 6.45) is 7.09. The molecule has 1 aromatic heterocycles. The maximum absolute atomic E-state index is 5.78. The Bertz CT molecular complexity index is 507. The van der Waals surface area contributed by atoms with Gasteiger partial charge in [0.05, 0.1) is 12.7 Å². The SMILES string of the molecule is CN=C(NCc1ncc(C(C)(C)C)o1)NCC1(C)CCCC1. The third-order valence-electron chi connectivity index (χ3n) is 4.42. The van der Waals surface area contributed by atoms with Crippen LogP contribution in [-0.2, 0) is 12.0 Å². The van der Waals surface area contributed by atoms with E-state index in [9.17, 15) is 0 Å². The van der Waals surface area contributed by atoms with Crippen LogP contribution in [0.5, 0.6) is 0 Å². The lowest BCUT2D eigenvalue weighted by Gasteiger charge is -2.24. The number of nitrogens with zero attached hydrogens (tertiary/aromatic N) is 2. The fourth-order valence-corrected chi connectivity index (χ4v) is 2.82. The summed E-state index contributed by atoms with van der Waals surface area (Å²) in [5.41, 5.74) is 0.391. The fourth-order valence-electron chi connectivity index (χ4n) is 2.82. The molecule has 1 fully saturated rings. The molecule has 22 heavy (non-hydrogen) atoms. The second kappa shape index (κ2) is 6.71. The van der Waals surface area contributed by atoms with E-state index in [0.29, 0.717) is 17.9 Å². The topological polar surface area (TPSA) is 62.5 Å². The van der Waals surface area contributed by atoms with Gasteiger partial charge in [-0.1, -0.05) is 40.5 Å². The van der Waals surface area contributed by atoms with Crippen LogP contribution in [0.2, 0.25) is 0 Å². The van der Waals surface area contributed by atoms with Crippen molar-refractivity contribution in [3.8, 4) is 0 Å². The molecule has 0 saturated heterocycles. The van der Waals surface area contributed by atoms with Crippen molar-refractivity contribution in [3.63, 3.8) is 0 Å². The summed E-state index contributed by atoms with van der Waals surface area (Å²) in [5, 5.41) is 6.70. The van der Waals surface area contributed by atoms with Crippen molar-refractivity contribution in [2.24, 2.45) is 10.4 Å². The van der Waals surface area contributed by atoms with Crippen LogP contribution in [0, 0.1) is 5.41 Å². The molecule has 0 aliphatic heterocycles. The van der Waals surface area contributed by atoms with Crippen LogP contribution in [0.4, 0.5) is 0 Å². The van der Waals surface area contributed by atoms with Crippen LogP contribution in [0.1, 0.15) is 65.0 Å². The molecule has 0 spiro atoms. The molecule has 1 saturated carbocycles. The first-order valence-corrected chi connectivity index (χ1v) is 8.22. The van der Waals surface area contributed by atoms with E-state index in [2.05, 4.69) is 48.3 Å². The van der Waals surface area contributed by atoms with Crippen LogP contribution >= 0.6 is 0 Å². The van der Waals surface area contributed by atoms with Crippen LogP contribution in [0.15, 0.2) is 15.6 Å². The van der Waals surface area contributed by atoms with Crippen molar-refractivity contribution < 1.29 is 4.42 Å². The zero-order valence-electron chi connectivity index (χ0n) is 14.6. The molecule has 0 aromatic carbocycles. The predicted octanol–water partition coefficient (Wildman–Crippen LogP) is 3.22. The van der Waals surface area contributed by atoms with E-state index in [1.165, 1.54) is 25.7 Å². The van der Waals surface area contributed by atoms with Gasteiger partial charge in [-0.2, -0.15) is 0 Å². The lowest BCUT2D eigenvalue weighted by molar-refractivity contribution is 0.333. The lowest BCUT2D eigenvalue weighted by atomic mass is 9.89. The summed E-state index contributed by atoms with van der Waals surface area (Å²) in [6.45, 7) is 10.2. The lowest BCUT2D eigenvalue weighted by Crippen LogP contribution is -2.41. The van der Waals surface area contributed by atoms with Crippen molar-refractivity contribution >= 4 is 5.96 Å². The first-order valence-electron chi connectivity index (χ1n) is 8.22. The molecule has 0 radical (unpaired) electrons. The van der Waals surface area contributed by atoms with Crippen molar-refractivity contribution in [1.29, 1.82) is 0 Å². The van der Waals surface area contributed by atoms with E-state index in [1.54, 1.807) is 7.05 Å². The Morgan fingerprint density at radius 2 is 2.00 bits per heavy atom. The van der Waals surface area contributed by atoms with Gasteiger partial charge in [0, 0.05) is 19.0 Å². The highest BCUT2D eigenvalue weighted by Gasteiger charge is 2.28. The average Bonchev–Trinajstić information content (AvgIpc) is 3.08. The average molecular weight is 306 g/mol. The van der Waals surface area contributed by atoms with Crippen LogP contribution in [-0.4, -0.2) is 24.5 Å². The molecule has 0 bridgehead atoms. The van der Waals surface area contributed by atoms with Gasteiger partial charge in [-0.25, -0.2) is 4.98 Å². The second-order valence-electron chi connectivity index (χ2n) is 7.67. The molecule has 5 heteroatoms. The highest BCUT2D eigenvalue weighted by atomic mass is 16.4. The molecule has 124 valence electrons. The largest absolute Gasteiger partial charge is 0.443 e. The maximum atomic E-state index is 5.78. The van der Waals surface area contributed by atoms with E-state index in [0.717, 1.165) is 18.3 Å². The molecule has 0 atom stereocenters. The number of aromatic nitrogens is 1. The molecule has 1 aliphatic carbocycles. The van der Waals surface area contributed by atoms with Gasteiger partial charge in [0.25, 0.3) is 0 Å². The standard InChI is InChI=1S/C17H30N4O/c1-16(2,3)13-10-19-14(22-13)11-20-15(18-5)21-12-17(4)8-6-7-9-17/h10H,6-9,11-12H2,1-5H3,(H2,18,20,21). The number of hydrogen-bond donors (Lipinski definition) is 2. The van der Waals surface area contributed by atoms with Crippen molar-refractivity contribution in [2.75, 3.05) is 13.6 Å². The Morgan fingerprint density at radius 3 is 2.55 bits per heavy atom. The minimum absolute atomic E-state index is 0.0117. The molecule has 1 aromatic rings. The Balaban J connectivity index is 1.82. The highest BCUT2D eigenvalue weighted by Crippen LogP contribution is 2.36. The number of oxazole rings is 1. The number of rotatable bonds is 4. The number of hydrogen-bond acceptors (Lipinski definition) is 3. The van der Waals surface area contributed by atoms with Gasteiger partial charge in [0.2, 0.25) is 5.89 Å². The molecule has 0 amide bonds. The van der Waals surface area contributed by atoms with Gasteiger partial charge in [-0.3, -0.25) is 4.99 Å². The summed E-state index contributed by atoms with van der Waals surface area (Å²) in [7, 11) is 1.79. The number of guanidine groups is 1. The van der Waals surface area contributed by atoms with E-state index in [1.807, 2.05) is 6.20 Å². The Labute approximate surface area is 134 Å². The van der Waals surface area contributed by atoms with Gasteiger partial charge in [-0.15, -0.1) is 0 Å². The highest BCUT2D eigenvalue weighted by molar-refractivity contribution is 5.79. The molecule has 1 aliphatic rings. The third-order valence-corrected chi connectivity index (χ3v) is 4.42. The van der Waals surface area contributed by atoms with E-state index in [4.69, 9.17) is 4.42 Å². The molecule has 1 heterocycles. The van der Waals surface area contributed by atoms with E-state index >= 15 is 0 Å². The van der Waals surface area contributed by atoms with E-state index < -0.39 is 0 Å². The predicted molar refractivity (Wildman–Crippen MR) is 90.0 cm³/mol. The first kappa shape index (κ1) is 16.8. The minimum atomic E-state index is -0.0117. The minimum Gasteiger partial charge on any atom is -0.443 e. The summed E-state index contributed by atoms with van der Waals surface area (Å²) in [6, 6.07) is 0. The summed E-state index contributed by atoms with van der Waals surface area (Å²) < 4.78 is 5.78. The first-order chi connectivity index (χ1) is 10.3. The zero-order valence-corrected chi connectivity index (χ0v) is 14.6. The molecular weight excluding hydrogens is 276 g/mol. The fraction of sp³-hybridized carbons (Fsp3) is 0.765. The summed E-state index contributed by atoms with van der Waals surface area (Å²) in [5.74, 6) is 2.41. The van der Waals surface area contributed by atoms with Gasteiger partial charge in [0.1, 0.15) is 5.76 Å². The van der Waals surface area contributed by atoms with Crippen molar-refractivity contribution in [2.45, 2.75) is 65.3 Å². The van der Waals surface area contributed by atoms with Gasteiger partial charge >= 0.3 is 0 Å². The quantitative estimate of drug-likeness (QED) is 0.662. The zero-order chi connectivity index (χ0) is 16.2. The molecule has 2 rings (SSSR count). The monoisotopic (exact) mass is 306 g/mol. The second-order valence-corrected chi connectivity index (χ2v) is 7.67. The van der Waals surface area contributed by atoms with Gasteiger partial charge < -0.3 is 15.1 Å². The molecular formula is C17H30N4O. The Hall–Kier alpha value is -1.52. The van der Waals surface area contributed by atoms with Crippen molar-refractivity contribution in [1.82, 2.24) is 15.6 Å². The maximum Gasteiger partial charge on any atom is 0.213 e. The van der Waals surface area contributed by atoms with Crippen LogP contribution < -0.4 is 10.6 Å². The van der Waals surface area contributed by atoms with Crippen molar-refractivity contribution in [3.05, 3.63) is 17.8 Å². The number of nitrogens with one attached hydrogen (secondary N) is 2. The molecule has 2 N–H and O–H groups in total. The smallest absolute Gasteiger partial charge is 0.213 e. The van der Waals surface area contributed by atoms with Crippen LogP contribution in [0.25, 0.3) is 0 Å². The molecule has 0 unspecified atom stereocenters. The van der Waals surface area contributed by atoms with Gasteiger partial charge in [-0.05, 0) is 18.3 Å². The Kier molecular flexibility index (Phi) is 5.14. The van der Waals surface area contributed by atoms with Crippen LogP contribution in [0.3, 0.4) is 0 Å². The van der Waals surface area contributed by atoms with Gasteiger partial charge in [0.15, 0.2) is 5.96 Å². The number of aliphatic imine (C=N–C) groups is 1. The normalized spacial score (nSPS) is 18.5. The Morgan fingerprint density at radius 1 is 1.32 bits per heavy atom. The molecule has 5 nitrogen and oxygen atoms in total. The summed E-state index contributed by atoms with van der Waals surface area (Å²) in [4.78, 5) is 8.60. The van der Waals surface area contributed by atoms with E-state index in [-0.39, 0.29) is 5.41 Å². The summed E-state index contributed by atoms with van der Waals surface area (Å²) >= 11 is 0. The third kappa shape index (κ3) is 4.49.